The monoisotopic (exact) mass is 357 g/mol. The third-order valence-electron chi connectivity index (χ3n) is 4.56. The van der Waals surface area contributed by atoms with Crippen molar-refractivity contribution in [3.8, 4) is 0 Å². The van der Waals surface area contributed by atoms with Crippen LogP contribution in [0, 0.1) is 6.92 Å². The Morgan fingerprint density at radius 3 is 2.19 bits per heavy atom. The number of nitrogens with one attached hydrogen (secondary N) is 1. The van der Waals surface area contributed by atoms with E-state index < -0.39 is 0 Å². The summed E-state index contributed by atoms with van der Waals surface area (Å²) in [4.78, 5) is 11.0. The highest BCUT2D eigenvalue weighted by molar-refractivity contribution is 5.91. The fraction of sp³-hybridized carbons (Fsp3) is 0.524. The Labute approximate surface area is 156 Å². The van der Waals surface area contributed by atoms with Crippen molar-refractivity contribution < 1.29 is 9.32 Å². The maximum Gasteiger partial charge on any atom is 0.273 e. The molecule has 0 atom stereocenters. The van der Waals surface area contributed by atoms with E-state index in [0.29, 0.717) is 17.7 Å². The van der Waals surface area contributed by atoms with Gasteiger partial charge in [-0.15, -0.1) is 0 Å². The van der Waals surface area contributed by atoms with E-state index in [1.54, 1.807) is 13.1 Å². The van der Waals surface area contributed by atoms with Crippen LogP contribution in [0.5, 0.6) is 0 Å². The number of nitrogens with two attached hydrogens (primary N) is 1. The van der Waals surface area contributed by atoms with Crippen LogP contribution in [-0.2, 0) is 0 Å². The summed E-state index contributed by atoms with van der Waals surface area (Å²) in [6.07, 6.45) is 8.97. The fourth-order valence-corrected chi connectivity index (χ4v) is 2.75. The third kappa shape index (κ3) is 7.40. The highest BCUT2D eigenvalue weighted by Gasteiger charge is 2.28. The summed E-state index contributed by atoms with van der Waals surface area (Å²) in [6.45, 7) is 2.08. The largest absolute Gasteiger partial charge is 0.360 e. The van der Waals surface area contributed by atoms with Crippen molar-refractivity contribution in [2.75, 3.05) is 7.05 Å². The quantitative estimate of drug-likeness (QED) is 0.844. The number of carbonyl (C=O) groups is 1. The first-order chi connectivity index (χ1) is 12.6. The summed E-state index contributed by atoms with van der Waals surface area (Å²) in [5.74, 6) is 1.16. The molecular formula is C21H31N3O2. The Kier molecular flexibility index (Phi) is 8.35. The van der Waals surface area contributed by atoms with Gasteiger partial charge in [0, 0.05) is 25.1 Å². The molecule has 2 aliphatic rings. The predicted molar refractivity (Wildman–Crippen MR) is 104 cm³/mol. The minimum Gasteiger partial charge on any atom is -0.360 e. The number of carbonyl (C=O) groups excluding carboxylic acids is 1. The van der Waals surface area contributed by atoms with E-state index in [1.165, 1.54) is 37.7 Å². The number of aromatic nitrogens is 1. The Morgan fingerprint density at radius 2 is 1.77 bits per heavy atom. The van der Waals surface area contributed by atoms with Gasteiger partial charge in [-0.05, 0) is 32.6 Å². The van der Waals surface area contributed by atoms with Crippen molar-refractivity contribution in [2.45, 2.75) is 63.8 Å². The lowest BCUT2D eigenvalue weighted by molar-refractivity contribution is 0.0954. The summed E-state index contributed by atoms with van der Waals surface area (Å²) in [7, 11) is 1.58. The Balaban J connectivity index is 0.000000150. The molecule has 5 heteroatoms. The molecule has 0 bridgehead atoms. The van der Waals surface area contributed by atoms with Crippen LogP contribution >= 0.6 is 0 Å². The van der Waals surface area contributed by atoms with Crippen LogP contribution in [0.25, 0.3) is 0 Å². The minimum absolute atomic E-state index is 0.189. The first-order valence-corrected chi connectivity index (χ1v) is 9.56. The summed E-state index contributed by atoms with van der Waals surface area (Å²) in [5, 5.41) is 6.15. The van der Waals surface area contributed by atoms with Crippen LogP contribution in [0.4, 0.5) is 0 Å². The normalized spacial score (nSPS) is 16.6. The number of benzene rings is 1. The Morgan fingerprint density at radius 1 is 1.12 bits per heavy atom. The number of nitrogens with zero attached hydrogens (tertiary/aromatic N) is 1. The standard InChI is InChI=1S/C8H10N2O2.C7H8.C6H13N/c1-9-8(11)6-4-7(12-10-6)5-2-3-5;1-7-5-3-2-4-6-7;7-6-4-2-1-3-5-6/h4-5H,2-3H2,1H3,(H,9,11);2-6H,1H3;6H,1-5,7H2. The number of aryl methyl sites for hydroxylation is 1. The van der Waals surface area contributed by atoms with Gasteiger partial charge < -0.3 is 15.6 Å². The molecule has 0 saturated heterocycles. The zero-order valence-electron chi connectivity index (χ0n) is 15.9. The second kappa shape index (κ2) is 10.8. The third-order valence-corrected chi connectivity index (χ3v) is 4.56. The van der Waals surface area contributed by atoms with Crippen molar-refractivity contribution in [2.24, 2.45) is 5.73 Å². The maximum absolute atomic E-state index is 11.0. The van der Waals surface area contributed by atoms with Gasteiger partial charge in [0.05, 0.1) is 0 Å². The summed E-state index contributed by atoms with van der Waals surface area (Å²) < 4.78 is 5.00. The number of amides is 1. The maximum atomic E-state index is 11.0. The molecular weight excluding hydrogens is 326 g/mol. The van der Waals surface area contributed by atoms with Crippen molar-refractivity contribution in [3.05, 3.63) is 53.4 Å². The molecule has 2 aliphatic carbocycles. The molecule has 4 rings (SSSR count). The number of hydrogen-bond donors (Lipinski definition) is 2. The number of hydrogen-bond acceptors (Lipinski definition) is 4. The Bertz CT molecular complexity index is 644. The second-order valence-corrected chi connectivity index (χ2v) is 7.02. The molecule has 0 spiro atoms. The van der Waals surface area contributed by atoms with Gasteiger partial charge in [-0.1, -0.05) is 60.3 Å². The van der Waals surface area contributed by atoms with Crippen molar-refractivity contribution in [1.29, 1.82) is 0 Å². The van der Waals surface area contributed by atoms with E-state index in [1.807, 2.05) is 18.2 Å². The van der Waals surface area contributed by atoms with Gasteiger partial charge >= 0.3 is 0 Å². The van der Waals surface area contributed by atoms with Gasteiger partial charge in [0.15, 0.2) is 5.69 Å². The lowest BCUT2D eigenvalue weighted by atomic mass is 9.97. The molecule has 3 N–H and O–H groups in total. The SMILES string of the molecule is CNC(=O)c1cc(C2CC2)on1.Cc1ccccc1.NC1CCCCC1. The highest BCUT2D eigenvalue weighted by Crippen LogP contribution is 2.40. The van der Waals surface area contributed by atoms with Gasteiger partial charge in [0.2, 0.25) is 0 Å². The molecule has 0 radical (unpaired) electrons. The number of rotatable bonds is 2. The lowest BCUT2D eigenvalue weighted by Crippen LogP contribution is -2.22. The van der Waals surface area contributed by atoms with E-state index in [2.05, 4.69) is 29.5 Å². The summed E-state index contributed by atoms with van der Waals surface area (Å²) >= 11 is 0. The van der Waals surface area contributed by atoms with Gasteiger partial charge in [0.1, 0.15) is 5.76 Å². The fourth-order valence-electron chi connectivity index (χ4n) is 2.75. The molecule has 5 nitrogen and oxygen atoms in total. The zero-order chi connectivity index (χ0) is 18.8. The molecule has 0 aliphatic heterocycles. The van der Waals surface area contributed by atoms with Crippen molar-refractivity contribution in [1.82, 2.24) is 10.5 Å². The van der Waals surface area contributed by atoms with Crippen LogP contribution in [0.3, 0.4) is 0 Å². The predicted octanol–water partition coefficient (Wildman–Crippen LogP) is 4.18. The summed E-state index contributed by atoms with van der Waals surface area (Å²) in [6, 6.07) is 12.5. The van der Waals surface area contributed by atoms with Crippen LogP contribution in [0.1, 0.15) is 72.7 Å². The smallest absolute Gasteiger partial charge is 0.273 e. The van der Waals surface area contributed by atoms with E-state index in [0.717, 1.165) is 18.6 Å². The lowest BCUT2D eigenvalue weighted by Gasteiger charge is -2.15. The minimum atomic E-state index is -0.189. The first kappa shape index (κ1) is 20.2. The zero-order valence-corrected chi connectivity index (χ0v) is 15.9. The molecule has 2 aromatic rings. The highest BCUT2D eigenvalue weighted by atomic mass is 16.5. The van der Waals surface area contributed by atoms with Crippen LogP contribution in [0.15, 0.2) is 40.9 Å². The van der Waals surface area contributed by atoms with E-state index in [-0.39, 0.29) is 5.91 Å². The topological polar surface area (TPSA) is 81.2 Å². The second-order valence-electron chi connectivity index (χ2n) is 7.02. The average molecular weight is 357 g/mol. The van der Waals surface area contributed by atoms with E-state index in [4.69, 9.17) is 10.3 Å². The van der Waals surface area contributed by atoms with E-state index in [9.17, 15) is 4.79 Å². The molecule has 2 saturated carbocycles. The molecule has 2 fully saturated rings. The average Bonchev–Trinajstić information content (AvgIpc) is 3.40. The molecule has 1 heterocycles. The molecule has 1 aromatic heterocycles. The van der Waals surface area contributed by atoms with Gasteiger partial charge in [-0.2, -0.15) is 0 Å². The van der Waals surface area contributed by atoms with Gasteiger partial charge in [0.25, 0.3) is 5.91 Å². The van der Waals surface area contributed by atoms with Crippen molar-refractivity contribution in [3.63, 3.8) is 0 Å². The molecule has 0 unspecified atom stereocenters. The van der Waals surface area contributed by atoms with Gasteiger partial charge in [-0.25, -0.2) is 0 Å². The molecule has 26 heavy (non-hydrogen) atoms. The molecule has 1 amide bonds. The van der Waals surface area contributed by atoms with E-state index >= 15 is 0 Å². The summed E-state index contributed by atoms with van der Waals surface area (Å²) in [5.41, 5.74) is 7.33. The first-order valence-electron chi connectivity index (χ1n) is 9.56. The molecule has 142 valence electrons. The Hall–Kier alpha value is -2.14. The van der Waals surface area contributed by atoms with Crippen LogP contribution in [-0.4, -0.2) is 24.2 Å². The molecule has 1 aromatic carbocycles. The van der Waals surface area contributed by atoms with Crippen LogP contribution in [0.2, 0.25) is 0 Å². The van der Waals surface area contributed by atoms with Crippen molar-refractivity contribution >= 4 is 5.91 Å². The van der Waals surface area contributed by atoms with Crippen LogP contribution < -0.4 is 11.1 Å². The van der Waals surface area contributed by atoms with Gasteiger partial charge in [-0.3, -0.25) is 4.79 Å².